The minimum absolute atomic E-state index is 0.171. The number of fused-ring (bicyclic) bond motifs is 1. The van der Waals surface area contributed by atoms with Gasteiger partial charge in [-0.05, 0) is 43.5 Å². The van der Waals surface area contributed by atoms with E-state index in [1.54, 1.807) is 24.4 Å². The summed E-state index contributed by atoms with van der Waals surface area (Å²) in [6.45, 7) is 2.24. The predicted molar refractivity (Wildman–Crippen MR) is 97.3 cm³/mol. The van der Waals surface area contributed by atoms with E-state index in [1.807, 2.05) is 11.6 Å². The summed E-state index contributed by atoms with van der Waals surface area (Å²) in [7, 11) is 0. The van der Waals surface area contributed by atoms with E-state index in [-0.39, 0.29) is 11.7 Å². The van der Waals surface area contributed by atoms with Crippen LogP contribution in [-0.2, 0) is 6.54 Å². The first kappa shape index (κ1) is 16.7. The van der Waals surface area contributed by atoms with Gasteiger partial charge in [0.05, 0.1) is 23.2 Å². The fraction of sp³-hybridized carbons (Fsp3) is 0.350. The first-order valence-corrected chi connectivity index (χ1v) is 8.99. The molecular weight excluding hydrogens is 331 g/mol. The second-order valence-corrected chi connectivity index (χ2v) is 6.89. The zero-order valence-electron chi connectivity index (χ0n) is 14.7. The van der Waals surface area contributed by atoms with Gasteiger partial charge in [-0.15, -0.1) is 0 Å². The van der Waals surface area contributed by atoms with Crippen molar-refractivity contribution in [2.24, 2.45) is 0 Å². The molecule has 0 saturated heterocycles. The third kappa shape index (κ3) is 3.19. The molecule has 5 nitrogen and oxygen atoms in total. The van der Waals surface area contributed by atoms with Crippen LogP contribution in [0.1, 0.15) is 53.3 Å². The molecule has 6 heteroatoms. The summed E-state index contributed by atoms with van der Waals surface area (Å²) in [5.41, 5.74) is 3.01. The fourth-order valence-corrected chi connectivity index (χ4v) is 3.63. The van der Waals surface area contributed by atoms with E-state index < -0.39 is 0 Å². The third-order valence-corrected chi connectivity index (χ3v) is 4.98. The Morgan fingerprint density at radius 1 is 1.27 bits per heavy atom. The molecule has 134 valence electrons. The van der Waals surface area contributed by atoms with Crippen LogP contribution < -0.4 is 5.32 Å². The quantitative estimate of drug-likeness (QED) is 0.774. The molecule has 1 aromatic carbocycles. The SMILES string of the molecule is Cc1cc(C(=O)NCc2ccc(F)cc2)c2cnn(C3CCCC3)c2n1. The molecule has 26 heavy (non-hydrogen) atoms. The van der Waals surface area contributed by atoms with E-state index in [9.17, 15) is 9.18 Å². The van der Waals surface area contributed by atoms with Gasteiger partial charge in [0.15, 0.2) is 5.65 Å². The summed E-state index contributed by atoms with van der Waals surface area (Å²) in [6, 6.07) is 8.28. The highest BCUT2D eigenvalue weighted by molar-refractivity contribution is 6.05. The number of amides is 1. The molecule has 1 saturated carbocycles. The zero-order valence-corrected chi connectivity index (χ0v) is 14.7. The van der Waals surface area contributed by atoms with E-state index in [0.717, 1.165) is 35.1 Å². The lowest BCUT2D eigenvalue weighted by molar-refractivity contribution is 0.0952. The van der Waals surface area contributed by atoms with Gasteiger partial charge in [0.2, 0.25) is 0 Å². The van der Waals surface area contributed by atoms with Crippen LogP contribution in [0.2, 0.25) is 0 Å². The predicted octanol–water partition coefficient (Wildman–Crippen LogP) is 3.92. The zero-order chi connectivity index (χ0) is 18.1. The number of aryl methyl sites for hydroxylation is 1. The van der Waals surface area contributed by atoms with Crippen LogP contribution >= 0.6 is 0 Å². The van der Waals surface area contributed by atoms with Crippen LogP contribution in [-0.4, -0.2) is 20.7 Å². The van der Waals surface area contributed by atoms with Crippen LogP contribution in [0.15, 0.2) is 36.5 Å². The van der Waals surface area contributed by atoms with Crippen LogP contribution in [0.5, 0.6) is 0 Å². The molecule has 1 aliphatic carbocycles. The molecule has 2 heterocycles. The number of pyridine rings is 1. The Kier molecular flexibility index (Phi) is 4.41. The number of aromatic nitrogens is 3. The molecule has 1 amide bonds. The number of rotatable bonds is 4. The summed E-state index contributed by atoms with van der Waals surface area (Å²) in [5.74, 6) is -0.457. The molecule has 2 aromatic heterocycles. The Labute approximate surface area is 151 Å². The molecule has 1 N–H and O–H groups in total. The van der Waals surface area contributed by atoms with Gasteiger partial charge in [-0.25, -0.2) is 14.1 Å². The van der Waals surface area contributed by atoms with E-state index >= 15 is 0 Å². The van der Waals surface area contributed by atoms with Crippen LogP contribution in [0.25, 0.3) is 11.0 Å². The molecule has 0 unspecified atom stereocenters. The molecule has 4 rings (SSSR count). The smallest absolute Gasteiger partial charge is 0.252 e. The molecule has 1 aliphatic rings. The maximum atomic E-state index is 13.0. The number of benzene rings is 1. The number of hydrogen-bond donors (Lipinski definition) is 1. The lowest BCUT2D eigenvalue weighted by Gasteiger charge is -2.12. The Morgan fingerprint density at radius 2 is 2.00 bits per heavy atom. The highest BCUT2D eigenvalue weighted by atomic mass is 19.1. The molecule has 1 fully saturated rings. The number of carbonyl (C=O) groups excluding carboxylic acids is 1. The minimum atomic E-state index is -0.286. The summed E-state index contributed by atoms with van der Waals surface area (Å²) < 4.78 is 15.0. The van der Waals surface area contributed by atoms with E-state index in [4.69, 9.17) is 0 Å². The van der Waals surface area contributed by atoms with Gasteiger partial charge in [0.25, 0.3) is 5.91 Å². The Morgan fingerprint density at radius 3 is 2.73 bits per heavy atom. The second kappa shape index (κ2) is 6.86. The third-order valence-electron chi connectivity index (χ3n) is 4.98. The molecule has 0 atom stereocenters. The molecular formula is C20H21FN4O. The van der Waals surface area contributed by atoms with E-state index in [0.29, 0.717) is 18.2 Å². The Hall–Kier alpha value is -2.76. The number of hydrogen-bond acceptors (Lipinski definition) is 3. The van der Waals surface area contributed by atoms with Gasteiger partial charge >= 0.3 is 0 Å². The number of carbonyl (C=O) groups is 1. The molecule has 3 aromatic rings. The van der Waals surface area contributed by atoms with Crippen molar-refractivity contribution < 1.29 is 9.18 Å². The first-order valence-electron chi connectivity index (χ1n) is 8.99. The monoisotopic (exact) mass is 352 g/mol. The topological polar surface area (TPSA) is 59.8 Å². The van der Waals surface area contributed by atoms with Crippen molar-refractivity contribution in [1.29, 1.82) is 0 Å². The van der Waals surface area contributed by atoms with Gasteiger partial charge in [0.1, 0.15) is 5.82 Å². The average Bonchev–Trinajstić information content (AvgIpc) is 3.29. The van der Waals surface area contributed by atoms with Crippen molar-refractivity contribution in [2.45, 2.75) is 45.2 Å². The maximum Gasteiger partial charge on any atom is 0.252 e. The second-order valence-electron chi connectivity index (χ2n) is 6.89. The number of nitrogens with zero attached hydrogens (tertiary/aromatic N) is 3. The van der Waals surface area contributed by atoms with Crippen molar-refractivity contribution in [3.05, 3.63) is 59.2 Å². The fourth-order valence-electron chi connectivity index (χ4n) is 3.63. The minimum Gasteiger partial charge on any atom is -0.348 e. The van der Waals surface area contributed by atoms with Crippen LogP contribution in [0.3, 0.4) is 0 Å². The van der Waals surface area contributed by atoms with Crippen molar-refractivity contribution in [3.8, 4) is 0 Å². The van der Waals surface area contributed by atoms with Gasteiger partial charge in [-0.3, -0.25) is 4.79 Å². The van der Waals surface area contributed by atoms with Gasteiger partial charge in [-0.1, -0.05) is 25.0 Å². The molecule has 0 radical (unpaired) electrons. The highest BCUT2D eigenvalue weighted by Gasteiger charge is 2.22. The molecule has 0 bridgehead atoms. The summed E-state index contributed by atoms with van der Waals surface area (Å²) in [6.07, 6.45) is 6.38. The van der Waals surface area contributed by atoms with Crippen molar-refractivity contribution in [3.63, 3.8) is 0 Å². The Balaban J connectivity index is 1.60. The van der Waals surface area contributed by atoms with Crippen LogP contribution in [0.4, 0.5) is 4.39 Å². The average molecular weight is 352 g/mol. The van der Waals surface area contributed by atoms with E-state index in [1.165, 1.54) is 25.0 Å². The lowest BCUT2D eigenvalue weighted by atomic mass is 10.1. The van der Waals surface area contributed by atoms with Crippen molar-refractivity contribution in [1.82, 2.24) is 20.1 Å². The van der Waals surface area contributed by atoms with Crippen LogP contribution in [0, 0.1) is 12.7 Å². The standard InChI is InChI=1S/C20H21FN4O/c1-13-10-17(20(26)22-11-14-6-8-15(21)9-7-14)18-12-23-25(19(18)24-13)16-4-2-3-5-16/h6-10,12,16H,2-5,11H2,1H3,(H,22,26). The lowest BCUT2D eigenvalue weighted by Crippen LogP contribution is -2.23. The highest BCUT2D eigenvalue weighted by Crippen LogP contribution is 2.31. The van der Waals surface area contributed by atoms with Gasteiger partial charge < -0.3 is 5.32 Å². The summed E-state index contributed by atoms with van der Waals surface area (Å²) >= 11 is 0. The first-order chi connectivity index (χ1) is 12.6. The normalized spacial score (nSPS) is 14.8. The Bertz CT molecular complexity index is 942. The van der Waals surface area contributed by atoms with Gasteiger partial charge in [0, 0.05) is 12.2 Å². The number of nitrogens with one attached hydrogen (secondary N) is 1. The molecule has 0 spiro atoms. The van der Waals surface area contributed by atoms with Crippen molar-refractivity contribution in [2.75, 3.05) is 0 Å². The van der Waals surface area contributed by atoms with Gasteiger partial charge in [-0.2, -0.15) is 5.10 Å². The largest absolute Gasteiger partial charge is 0.348 e. The maximum absolute atomic E-state index is 13.0. The van der Waals surface area contributed by atoms with Crippen molar-refractivity contribution >= 4 is 16.9 Å². The van der Waals surface area contributed by atoms with E-state index in [2.05, 4.69) is 15.4 Å². The number of halogens is 1. The summed E-state index contributed by atoms with van der Waals surface area (Å²) in [4.78, 5) is 17.4. The molecule has 0 aliphatic heterocycles. The summed E-state index contributed by atoms with van der Waals surface area (Å²) in [5, 5.41) is 8.21.